The van der Waals surface area contributed by atoms with Crippen molar-refractivity contribution in [3.8, 4) is 0 Å². The molecule has 0 aromatic heterocycles. The largest absolute Gasteiger partial charge is 0.409 e. The molecule has 1 rings (SSSR count). The highest BCUT2D eigenvalue weighted by molar-refractivity contribution is 9.11. The van der Waals surface area contributed by atoms with Crippen LogP contribution in [-0.4, -0.2) is 17.6 Å². The molecule has 0 bridgehead atoms. The molecule has 1 aromatic carbocycles. The van der Waals surface area contributed by atoms with Crippen molar-refractivity contribution in [1.29, 1.82) is 0 Å². The fraction of sp³-hybridized carbons (Fsp3) is 0.125. The lowest BCUT2D eigenvalue weighted by Crippen LogP contribution is -2.22. The van der Waals surface area contributed by atoms with Crippen molar-refractivity contribution in [3.05, 3.63) is 27.1 Å². The summed E-state index contributed by atoms with van der Waals surface area (Å²) in [6.45, 7) is 0.297. The van der Waals surface area contributed by atoms with Crippen molar-refractivity contribution in [2.75, 3.05) is 11.9 Å². The molecule has 4 N–H and O–H groups in total. The first-order valence-corrected chi connectivity index (χ1v) is 5.37. The van der Waals surface area contributed by atoms with E-state index < -0.39 is 0 Å². The van der Waals surface area contributed by atoms with E-state index in [-0.39, 0.29) is 5.84 Å². The first-order chi connectivity index (χ1) is 6.63. The minimum Gasteiger partial charge on any atom is -0.409 e. The van der Waals surface area contributed by atoms with Gasteiger partial charge in [0.05, 0.1) is 6.54 Å². The summed E-state index contributed by atoms with van der Waals surface area (Å²) in [5, 5.41) is 14.2. The number of nitrogens with two attached hydrogens (primary N) is 1. The van der Waals surface area contributed by atoms with E-state index in [0.29, 0.717) is 6.54 Å². The molecule has 0 atom stereocenters. The minimum atomic E-state index is 0.136. The first kappa shape index (κ1) is 11.3. The van der Waals surface area contributed by atoms with Gasteiger partial charge in [0, 0.05) is 14.6 Å². The van der Waals surface area contributed by atoms with Crippen LogP contribution >= 0.6 is 31.9 Å². The molecule has 0 saturated carbocycles. The van der Waals surface area contributed by atoms with Crippen molar-refractivity contribution in [1.82, 2.24) is 0 Å². The second-order valence-electron chi connectivity index (χ2n) is 2.57. The predicted molar refractivity (Wildman–Crippen MR) is 63.7 cm³/mol. The maximum atomic E-state index is 8.34. The lowest BCUT2D eigenvalue weighted by atomic mass is 10.3. The molecule has 0 heterocycles. The second kappa shape index (κ2) is 5.21. The number of hydrogen-bond acceptors (Lipinski definition) is 3. The summed E-state index contributed by atoms with van der Waals surface area (Å²) in [6.07, 6.45) is 0. The highest BCUT2D eigenvalue weighted by Crippen LogP contribution is 2.25. The Bertz CT molecular complexity index is 354. The quantitative estimate of drug-likeness (QED) is 0.346. The topological polar surface area (TPSA) is 70.6 Å². The average molecular weight is 323 g/mol. The standard InChI is InChI=1S/C8H9Br2N3O/c9-5-1-2-6(10)7(3-5)12-4-8(11)13-14/h1-3,12,14H,4H2,(H2,11,13). The fourth-order valence-electron chi connectivity index (χ4n) is 0.854. The zero-order valence-corrected chi connectivity index (χ0v) is 10.3. The lowest BCUT2D eigenvalue weighted by Gasteiger charge is -2.07. The zero-order chi connectivity index (χ0) is 10.6. The van der Waals surface area contributed by atoms with Crippen LogP contribution in [0.15, 0.2) is 32.3 Å². The Balaban J connectivity index is 2.71. The molecule has 0 saturated heterocycles. The van der Waals surface area contributed by atoms with E-state index in [2.05, 4.69) is 42.3 Å². The van der Waals surface area contributed by atoms with Crippen molar-refractivity contribution in [3.63, 3.8) is 0 Å². The van der Waals surface area contributed by atoms with Gasteiger partial charge in [0.1, 0.15) is 0 Å². The zero-order valence-electron chi connectivity index (χ0n) is 7.17. The molecule has 0 aliphatic heterocycles. The second-order valence-corrected chi connectivity index (χ2v) is 4.34. The Morgan fingerprint density at radius 3 is 2.86 bits per heavy atom. The van der Waals surface area contributed by atoms with Gasteiger partial charge in [-0.3, -0.25) is 0 Å². The number of halogens is 2. The summed E-state index contributed by atoms with van der Waals surface area (Å²) in [5.74, 6) is 0.136. The summed E-state index contributed by atoms with van der Waals surface area (Å²) < 4.78 is 1.88. The molecular formula is C8H9Br2N3O. The van der Waals surface area contributed by atoms with Gasteiger partial charge in [-0.25, -0.2) is 0 Å². The molecule has 76 valence electrons. The van der Waals surface area contributed by atoms with Crippen molar-refractivity contribution >= 4 is 43.4 Å². The van der Waals surface area contributed by atoms with E-state index in [9.17, 15) is 0 Å². The van der Waals surface area contributed by atoms with E-state index in [1.165, 1.54) is 0 Å². The van der Waals surface area contributed by atoms with Crippen LogP contribution in [0.1, 0.15) is 0 Å². The molecule has 0 aliphatic carbocycles. The monoisotopic (exact) mass is 321 g/mol. The van der Waals surface area contributed by atoms with E-state index in [1.54, 1.807) is 0 Å². The summed E-state index contributed by atoms with van der Waals surface area (Å²) in [7, 11) is 0. The molecule has 0 aliphatic rings. The maximum absolute atomic E-state index is 8.34. The number of anilines is 1. The van der Waals surface area contributed by atoms with Gasteiger partial charge in [0.25, 0.3) is 0 Å². The summed E-state index contributed by atoms with van der Waals surface area (Å²) >= 11 is 6.72. The molecule has 4 nitrogen and oxygen atoms in total. The van der Waals surface area contributed by atoms with Crippen LogP contribution in [0.4, 0.5) is 5.69 Å². The van der Waals surface area contributed by atoms with Gasteiger partial charge in [-0.1, -0.05) is 21.1 Å². The van der Waals surface area contributed by atoms with E-state index >= 15 is 0 Å². The van der Waals surface area contributed by atoms with Crippen LogP contribution in [0.25, 0.3) is 0 Å². The van der Waals surface area contributed by atoms with Gasteiger partial charge in [0.15, 0.2) is 5.84 Å². The smallest absolute Gasteiger partial charge is 0.158 e. The molecular weight excluding hydrogens is 314 g/mol. The molecule has 0 radical (unpaired) electrons. The summed E-state index contributed by atoms with van der Waals surface area (Å²) in [5.41, 5.74) is 6.20. The third-order valence-corrected chi connectivity index (χ3v) is 2.70. The van der Waals surface area contributed by atoms with Crippen LogP contribution in [-0.2, 0) is 0 Å². The van der Waals surface area contributed by atoms with Gasteiger partial charge in [0.2, 0.25) is 0 Å². The van der Waals surface area contributed by atoms with E-state index in [0.717, 1.165) is 14.6 Å². The normalized spacial score (nSPS) is 11.4. The molecule has 0 amide bonds. The van der Waals surface area contributed by atoms with Gasteiger partial charge in [-0.15, -0.1) is 0 Å². The lowest BCUT2D eigenvalue weighted by molar-refractivity contribution is 0.317. The summed E-state index contributed by atoms with van der Waals surface area (Å²) in [6, 6.07) is 5.71. The molecule has 0 fully saturated rings. The van der Waals surface area contributed by atoms with E-state index in [1.807, 2.05) is 18.2 Å². The number of benzene rings is 1. The number of amidine groups is 1. The van der Waals surface area contributed by atoms with Crippen molar-refractivity contribution < 1.29 is 5.21 Å². The predicted octanol–water partition coefficient (Wildman–Crippen LogP) is 2.37. The SMILES string of the molecule is NC(CNc1cc(Br)ccc1Br)=NO. The number of nitrogens with zero attached hydrogens (tertiary/aromatic N) is 1. The number of hydrogen-bond donors (Lipinski definition) is 3. The highest BCUT2D eigenvalue weighted by Gasteiger charge is 2.00. The number of rotatable bonds is 3. The number of oxime groups is 1. The minimum absolute atomic E-state index is 0.136. The third-order valence-electron chi connectivity index (χ3n) is 1.52. The van der Waals surface area contributed by atoms with Crippen LogP contribution in [0.5, 0.6) is 0 Å². The average Bonchev–Trinajstić information content (AvgIpc) is 2.19. The Morgan fingerprint density at radius 2 is 2.21 bits per heavy atom. The maximum Gasteiger partial charge on any atom is 0.158 e. The fourth-order valence-corrected chi connectivity index (χ4v) is 1.60. The van der Waals surface area contributed by atoms with Crippen molar-refractivity contribution in [2.45, 2.75) is 0 Å². The van der Waals surface area contributed by atoms with Crippen LogP contribution in [0, 0.1) is 0 Å². The Kier molecular flexibility index (Phi) is 4.21. The van der Waals surface area contributed by atoms with Crippen LogP contribution in [0.2, 0.25) is 0 Å². The Morgan fingerprint density at radius 1 is 1.50 bits per heavy atom. The molecule has 1 aromatic rings. The Hall–Kier alpha value is -0.750. The first-order valence-electron chi connectivity index (χ1n) is 3.79. The summed E-state index contributed by atoms with van der Waals surface area (Å²) in [4.78, 5) is 0. The molecule has 14 heavy (non-hydrogen) atoms. The van der Waals surface area contributed by atoms with Gasteiger partial charge < -0.3 is 16.3 Å². The number of nitrogens with one attached hydrogen (secondary N) is 1. The Labute approximate surface area is 98.4 Å². The van der Waals surface area contributed by atoms with Crippen LogP contribution in [0.3, 0.4) is 0 Å². The molecule has 6 heteroatoms. The highest BCUT2D eigenvalue weighted by atomic mass is 79.9. The van der Waals surface area contributed by atoms with Crippen LogP contribution < -0.4 is 11.1 Å². The molecule has 0 unspecified atom stereocenters. The van der Waals surface area contributed by atoms with E-state index in [4.69, 9.17) is 10.9 Å². The van der Waals surface area contributed by atoms with Crippen molar-refractivity contribution in [2.24, 2.45) is 10.9 Å². The van der Waals surface area contributed by atoms with Gasteiger partial charge in [-0.2, -0.15) is 0 Å². The molecule has 0 spiro atoms. The van der Waals surface area contributed by atoms with Gasteiger partial charge in [-0.05, 0) is 34.1 Å². The van der Waals surface area contributed by atoms with Gasteiger partial charge >= 0.3 is 0 Å². The third kappa shape index (κ3) is 3.19.